The van der Waals surface area contributed by atoms with E-state index in [1.165, 1.54) is 12.1 Å². The molecule has 5 aromatic rings. The monoisotopic (exact) mass is 511 g/mol. The third-order valence-corrected chi connectivity index (χ3v) is 9.01. The Morgan fingerprint density at radius 3 is 1.97 bits per heavy atom. The van der Waals surface area contributed by atoms with Crippen molar-refractivity contribution >= 4 is 22.6 Å². The number of fused-ring (bicyclic) bond motifs is 8. The second-order valence-electron chi connectivity index (χ2n) is 10.7. The number of hydrogen-bond donors (Lipinski definition) is 0. The number of rotatable bonds is 1. The first-order valence-corrected chi connectivity index (χ1v) is 13.0. The fourth-order valence-corrected chi connectivity index (χ4v) is 7.56. The summed E-state index contributed by atoms with van der Waals surface area (Å²) in [4.78, 5) is 42.1. The Bertz CT molecular complexity index is 1850. The van der Waals surface area contributed by atoms with E-state index in [2.05, 4.69) is 4.90 Å². The van der Waals surface area contributed by atoms with Gasteiger partial charge in [-0.15, -0.1) is 0 Å². The van der Waals surface area contributed by atoms with Crippen LogP contribution in [0.2, 0.25) is 0 Å². The van der Waals surface area contributed by atoms with Gasteiger partial charge >= 0.3 is 0 Å². The Morgan fingerprint density at radius 2 is 1.31 bits per heavy atom. The van der Waals surface area contributed by atoms with E-state index in [4.69, 9.17) is 9.97 Å². The number of para-hydroxylation sites is 2. The van der Waals surface area contributed by atoms with Gasteiger partial charge in [0.2, 0.25) is 0 Å². The molecule has 188 valence electrons. The molecule has 8 rings (SSSR count). The molecule has 1 aromatic heterocycles. The van der Waals surface area contributed by atoms with E-state index in [-0.39, 0.29) is 17.4 Å². The van der Waals surface area contributed by atoms with Gasteiger partial charge in [0.1, 0.15) is 16.8 Å². The van der Waals surface area contributed by atoms with Crippen LogP contribution in [0.4, 0.5) is 4.39 Å². The van der Waals surface area contributed by atoms with E-state index in [1.54, 1.807) is 36.4 Å². The number of nitrogens with zero attached hydrogens (tertiary/aromatic N) is 3. The molecule has 1 fully saturated rings. The van der Waals surface area contributed by atoms with E-state index < -0.39 is 16.9 Å². The number of carbonyl (C=O) groups is 2. The molecule has 2 spiro atoms. The first-order valence-electron chi connectivity index (χ1n) is 13.0. The molecule has 0 amide bonds. The molecule has 4 aromatic carbocycles. The van der Waals surface area contributed by atoms with Gasteiger partial charge in [-0.1, -0.05) is 72.8 Å². The highest BCUT2D eigenvalue weighted by Gasteiger charge is 2.77. The Labute approximate surface area is 224 Å². The highest BCUT2D eigenvalue weighted by atomic mass is 19.1. The van der Waals surface area contributed by atoms with Gasteiger partial charge in [-0.3, -0.25) is 14.5 Å². The Morgan fingerprint density at radius 1 is 0.744 bits per heavy atom. The van der Waals surface area contributed by atoms with Crippen molar-refractivity contribution in [2.75, 3.05) is 13.6 Å². The average molecular weight is 512 g/mol. The Hall–Kier alpha value is -4.55. The average Bonchev–Trinajstić information content (AvgIpc) is 3.50. The van der Waals surface area contributed by atoms with Gasteiger partial charge in [-0.2, -0.15) is 0 Å². The number of Topliss-reactive ketones (excluding diaryl/α,β-unsaturated/α-hetero) is 2. The van der Waals surface area contributed by atoms with Crippen LogP contribution in [0, 0.1) is 11.2 Å². The van der Waals surface area contributed by atoms with Crippen molar-refractivity contribution in [1.82, 2.24) is 14.9 Å². The number of aromatic nitrogens is 2. The van der Waals surface area contributed by atoms with E-state index in [9.17, 15) is 14.0 Å². The number of carbonyl (C=O) groups excluding carboxylic acids is 2. The molecule has 1 saturated heterocycles. The van der Waals surface area contributed by atoms with E-state index in [0.29, 0.717) is 34.6 Å². The van der Waals surface area contributed by atoms with Gasteiger partial charge in [0.05, 0.1) is 22.4 Å². The third kappa shape index (κ3) is 2.48. The van der Waals surface area contributed by atoms with Crippen molar-refractivity contribution in [2.24, 2.45) is 5.41 Å². The highest BCUT2D eigenvalue weighted by molar-refractivity contribution is 6.32. The Balaban J connectivity index is 1.54. The fraction of sp³-hybridized carbons (Fsp3) is 0.152. The number of ketones is 2. The minimum Gasteiger partial charge on any atom is -0.293 e. The van der Waals surface area contributed by atoms with Crippen LogP contribution in [0.1, 0.15) is 43.5 Å². The summed E-state index contributed by atoms with van der Waals surface area (Å²) in [6.45, 7) is 0.402. The van der Waals surface area contributed by atoms with Crippen LogP contribution < -0.4 is 0 Å². The van der Waals surface area contributed by atoms with Gasteiger partial charge in [-0.25, -0.2) is 14.4 Å². The first-order chi connectivity index (χ1) is 19.0. The molecular formula is C33H22FN3O2. The largest absolute Gasteiger partial charge is 0.293 e. The van der Waals surface area contributed by atoms with Gasteiger partial charge in [-0.05, 0) is 42.4 Å². The molecule has 3 aliphatic rings. The highest BCUT2D eigenvalue weighted by Crippen LogP contribution is 2.69. The summed E-state index contributed by atoms with van der Waals surface area (Å²) in [7, 11) is 1.96. The summed E-state index contributed by atoms with van der Waals surface area (Å²) in [6.07, 6.45) is 0. The predicted octanol–water partition coefficient (Wildman–Crippen LogP) is 5.79. The number of halogens is 1. The molecule has 0 N–H and O–H groups in total. The first kappa shape index (κ1) is 22.4. The summed E-state index contributed by atoms with van der Waals surface area (Å²) in [5, 5.41) is 0. The molecule has 1 aliphatic heterocycles. The van der Waals surface area contributed by atoms with E-state index in [0.717, 1.165) is 22.2 Å². The van der Waals surface area contributed by atoms with Crippen molar-refractivity contribution in [1.29, 1.82) is 0 Å². The second kappa shape index (κ2) is 7.52. The number of hydrogen-bond acceptors (Lipinski definition) is 5. The predicted molar refractivity (Wildman–Crippen MR) is 145 cm³/mol. The van der Waals surface area contributed by atoms with Crippen LogP contribution in [-0.2, 0) is 5.54 Å². The summed E-state index contributed by atoms with van der Waals surface area (Å²) in [5.41, 5.74) is 3.29. The molecular weight excluding hydrogens is 489 g/mol. The van der Waals surface area contributed by atoms with Gasteiger partial charge < -0.3 is 0 Å². The van der Waals surface area contributed by atoms with Crippen molar-refractivity contribution in [3.05, 3.63) is 131 Å². The van der Waals surface area contributed by atoms with Crippen LogP contribution in [0.3, 0.4) is 0 Å². The molecule has 39 heavy (non-hydrogen) atoms. The molecule has 6 heteroatoms. The van der Waals surface area contributed by atoms with Crippen LogP contribution in [-0.4, -0.2) is 40.0 Å². The van der Waals surface area contributed by atoms with Crippen molar-refractivity contribution in [3.63, 3.8) is 0 Å². The summed E-state index contributed by atoms with van der Waals surface area (Å²) in [5.74, 6) is -1.35. The van der Waals surface area contributed by atoms with Crippen LogP contribution in [0.15, 0.2) is 97.1 Å². The summed E-state index contributed by atoms with van der Waals surface area (Å²) < 4.78 is 14.1. The van der Waals surface area contributed by atoms with Crippen molar-refractivity contribution in [3.8, 4) is 11.3 Å². The maximum atomic E-state index is 14.9. The smallest absolute Gasteiger partial charge is 0.180 e. The van der Waals surface area contributed by atoms with Crippen LogP contribution in [0.25, 0.3) is 22.3 Å². The third-order valence-electron chi connectivity index (χ3n) is 9.01. The van der Waals surface area contributed by atoms with Gasteiger partial charge in [0.15, 0.2) is 11.6 Å². The molecule has 2 atom stereocenters. The minimum atomic E-state index is -1.55. The normalized spacial score (nSPS) is 22.6. The van der Waals surface area contributed by atoms with Crippen LogP contribution >= 0.6 is 0 Å². The molecule has 0 saturated carbocycles. The van der Waals surface area contributed by atoms with Crippen molar-refractivity contribution in [2.45, 2.75) is 11.5 Å². The van der Waals surface area contributed by atoms with Gasteiger partial charge in [0, 0.05) is 29.2 Å². The quantitative estimate of drug-likeness (QED) is 0.267. The molecule has 0 bridgehead atoms. The molecule has 0 unspecified atom stereocenters. The van der Waals surface area contributed by atoms with E-state index in [1.807, 2.05) is 55.6 Å². The lowest BCUT2D eigenvalue weighted by Gasteiger charge is -2.44. The zero-order valence-electron chi connectivity index (χ0n) is 21.1. The maximum absolute atomic E-state index is 14.9. The van der Waals surface area contributed by atoms with Crippen molar-refractivity contribution < 1.29 is 14.0 Å². The number of likely N-dealkylation sites (tertiary alicyclic amines) is 1. The second-order valence-corrected chi connectivity index (χ2v) is 10.7. The summed E-state index contributed by atoms with van der Waals surface area (Å²) >= 11 is 0. The SMILES string of the molecule is CN1C[C@H](c2ccc(F)cc2)C2(C(=O)c3ccccc3C2=O)[C@@]12c1ccccc1-c1nc3ccccc3nc12. The number of likely N-dealkylation sites (N-methyl/N-ethyl adjacent to an activating group) is 1. The lowest BCUT2D eigenvalue weighted by atomic mass is 9.58. The molecule has 5 nitrogen and oxygen atoms in total. The maximum Gasteiger partial charge on any atom is 0.180 e. The Kier molecular flexibility index (Phi) is 4.32. The topological polar surface area (TPSA) is 63.2 Å². The molecule has 2 heterocycles. The van der Waals surface area contributed by atoms with Gasteiger partial charge in [0.25, 0.3) is 0 Å². The lowest BCUT2D eigenvalue weighted by molar-refractivity contribution is 0.0462. The van der Waals surface area contributed by atoms with E-state index >= 15 is 0 Å². The standard InChI is InChI=1S/C33H22FN3O2/c1-37-18-25(19-14-16-20(34)17-15-19)32(30(38)21-8-2-3-9-22(21)31(32)39)33(37)24-11-5-4-10-23(24)28-29(33)36-27-13-7-6-12-26(27)35-28/h2-17,25H,18H2,1H3/t25-,33+/m1/s1. The zero-order valence-corrected chi connectivity index (χ0v) is 21.1. The minimum absolute atomic E-state index is 0.223. The summed E-state index contributed by atoms with van der Waals surface area (Å²) in [6, 6.07) is 28.8. The lowest BCUT2D eigenvalue weighted by Crippen LogP contribution is -2.56. The fourth-order valence-electron chi connectivity index (χ4n) is 7.56. The van der Waals surface area contributed by atoms with Crippen LogP contribution in [0.5, 0.6) is 0 Å². The molecule has 0 radical (unpaired) electrons. The zero-order chi connectivity index (χ0) is 26.5. The molecule has 2 aliphatic carbocycles. The number of benzene rings is 4.